The van der Waals surface area contributed by atoms with E-state index in [4.69, 9.17) is 4.74 Å². The molecule has 2 nitrogen and oxygen atoms in total. The van der Waals surface area contributed by atoms with Gasteiger partial charge in [-0.15, -0.1) is 0 Å². The summed E-state index contributed by atoms with van der Waals surface area (Å²) in [6, 6.07) is 15.7. The zero-order valence-corrected chi connectivity index (χ0v) is 13.6. The minimum atomic E-state index is 0.110. The molecule has 0 N–H and O–H groups in total. The molecule has 3 aliphatic carbocycles. The molecule has 0 radical (unpaired) electrons. The van der Waals surface area contributed by atoms with Gasteiger partial charge in [-0.25, -0.2) is 0 Å². The van der Waals surface area contributed by atoms with Crippen LogP contribution in [0.1, 0.15) is 41.0 Å². The molecule has 2 heteroatoms. The average molecular weight is 293 g/mol. The third kappa shape index (κ3) is 1.77. The monoisotopic (exact) mass is 293 g/mol. The van der Waals surface area contributed by atoms with Crippen LogP contribution in [0.25, 0.3) is 0 Å². The van der Waals surface area contributed by atoms with E-state index >= 15 is 0 Å². The fourth-order valence-corrected chi connectivity index (χ4v) is 4.69. The zero-order valence-electron chi connectivity index (χ0n) is 13.6. The first-order valence-corrected chi connectivity index (χ1v) is 8.08. The Kier molecular flexibility index (Phi) is 3.05. The van der Waals surface area contributed by atoms with Crippen LogP contribution < -0.4 is 4.74 Å². The smallest absolute Gasteiger partial charge is 0.119 e. The van der Waals surface area contributed by atoms with E-state index in [0.29, 0.717) is 5.92 Å². The summed E-state index contributed by atoms with van der Waals surface area (Å²) in [5.74, 6) is 1.53. The van der Waals surface area contributed by atoms with E-state index in [1.165, 1.54) is 35.1 Å². The van der Waals surface area contributed by atoms with Crippen molar-refractivity contribution in [2.45, 2.75) is 24.2 Å². The molecule has 2 atom stereocenters. The van der Waals surface area contributed by atoms with Gasteiger partial charge in [-0.1, -0.05) is 30.3 Å². The van der Waals surface area contributed by atoms with Crippen molar-refractivity contribution in [1.29, 1.82) is 0 Å². The molecular formula is C20H23NO. The van der Waals surface area contributed by atoms with Gasteiger partial charge >= 0.3 is 0 Å². The molecule has 114 valence electrons. The topological polar surface area (TPSA) is 12.5 Å². The Labute approximate surface area is 132 Å². The Balaban J connectivity index is 2.00. The second kappa shape index (κ2) is 4.85. The first kappa shape index (κ1) is 13.8. The molecule has 0 amide bonds. The van der Waals surface area contributed by atoms with Gasteiger partial charge in [0.15, 0.2) is 0 Å². The molecule has 0 aliphatic heterocycles. The standard InChI is InChI=1S/C20H23NO/c1-21(2)13-20-11-10-15(16-6-4-5-7-18(16)20)17-9-8-14(22-3)12-19(17)20/h4-9,12,15H,10-11,13H2,1-3H3. The van der Waals surface area contributed by atoms with Gasteiger partial charge in [-0.2, -0.15) is 0 Å². The first-order valence-electron chi connectivity index (χ1n) is 8.08. The maximum absolute atomic E-state index is 5.51. The molecule has 2 bridgehead atoms. The number of hydrogen-bond acceptors (Lipinski definition) is 2. The summed E-state index contributed by atoms with van der Waals surface area (Å²) >= 11 is 0. The number of rotatable bonds is 3. The number of hydrogen-bond donors (Lipinski definition) is 0. The zero-order chi connectivity index (χ0) is 15.3. The molecule has 22 heavy (non-hydrogen) atoms. The Bertz CT molecular complexity index is 721. The van der Waals surface area contributed by atoms with Crippen LogP contribution in [0.15, 0.2) is 42.5 Å². The van der Waals surface area contributed by atoms with E-state index in [1.54, 1.807) is 7.11 Å². The molecule has 3 aliphatic rings. The van der Waals surface area contributed by atoms with Gasteiger partial charge < -0.3 is 9.64 Å². The molecule has 0 saturated heterocycles. The molecule has 2 unspecified atom stereocenters. The molecular weight excluding hydrogens is 270 g/mol. The number of nitrogens with zero attached hydrogens (tertiary/aromatic N) is 1. The van der Waals surface area contributed by atoms with Crippen molar-refractivity contribution in [3.63, 3.8) is 0 Å². The van der Waals surface area contributed by atoms with Crippen LogP contribution in [0.3, 0.4) is 0 Å². The number of likely N-dealkylation sites (N-methyl/N-ethyl adjacent to an activating group) is 1. The molecule has 0 heterocycles. The molecule has 0 spiro atoms. The SMILES string of the molecule is COc1ccc2c(c1)C1(CN(C)C)CCC2c2ccccc21. The van der Waals surface area contributed by atoms with Crippen molar-refractivity contribution >= 4 is 0 Å². The van der Waals surface area contributed by atoms with Crippen molar-refractivity contribution in [3.05, 3.63) is 64.7 Å². The minimum absolute atomic E-state index is 0.110. The highest BCUT2D eigenvalue weighted by Crippen LogP contribution is 2.56. The fourth-order valence-electron chi connectivity index (χ4n) is 4.69. The second-order valence-electron chi connectivity index (χ2n) is 6.95. The lowest BCUT2D eigenvalue weighted by Crippen LogP contribution is -2.46. The van der Waals surface area contributed by atoms with Crippen LogP contribution in [0.5, 0.6) is 5.75 Å². The van der Waals surface area contributed by atoms with Crippen LogP contribution in [-0.4, -0.2) is 32.6 Å². The number of methoxy groups -OCH3 is 1. The van der Waals surface area contributed by atoms with Gasteiger partial charge in [-0.3, -0.25) is 0 Å². The van der Waals surface area contributed by atoms with Gasteiger partial charge in [0.1, 0.15) is 5.75 Å². The minimum Gasteiger partial charge on any atom is -0.497 e. The maximum atomic E-state index is 5.51. The van der Waals surface area contributed by atoms with Crippen LogP contribution in [0, 0.1) is 0 Å². The normalized spacial score (nSPS) is 25.0. The largest absolute Gasteiger partial charge is 0.497 e. The van der Waals surface area contributed by atoms with Gasteiger partial charge in [-0.05, 0) is 61.3 Å². The van der Waals surface area contributed by atoms with Crippen LogP contribution in [0.2, 0.25) is 0 Å². The first-order chi connectivity index (χ1) is 10.7. The third-order valence-electron chi connectivity index (χ3n) is 5.45. The lowest BCUT2D eigenvalue weighted by molar-refractivity contribution is 0.266. The van der Waals surface area contributed by atoms with Gasteiger partial charge in [0.25, 0.3) is 0 Å². The molecule has 2 aromatic carbocycles. The third-order valence-corrected chi connectivity index (χ3v) is 5.45. The summed E-state index contributed by atoms with van der Waals surface area (Å²) in [4.78, 5) is 2.33. The molecule has 2 aromatic rings. The molecule has 0 fully saturated rings. The highest BCUT2D eigenvalue weighted by Gasteiger charge is 2.48. The van der Waals surface area contributed by atoms with Crippen molar-refractivity contribution in [2.24, 2.45) is 0 Å². The Morgan fingerprint density at radius 1 is 1.09 bits per heavy atom. The molecule has 0 aromatic heterocycles. The second-order valence-corrected chi connectivity index (χ2v) is 6.95. The number of fused-ring (bicyclic) bond motifs is 1. The summed E-state index contributed by atoms with van der Waals surface area (Å²) < 4.78 is 5.51. The Morgan fingerprint density at radius 2 is 1.86 bits per heavy atom. The number of benzene rings is 2. The highest BCUT2D eigenvalue weighted by atomic mass is 16.5. The van der Waals surface area contributed by atoms with Crippen molar-refractivity contribution in [1.82, 2.24) is 4.90 Å². The van der Waals surface area contributed by atoms with Crippen LogP contribution in [-0.2, 0) is 5.41 Å². The molecule has 5 rings (SSSR count). The van der Waals surface area contributed by atoms with Crippen molar-refractivity contribution in [2.75, 3.05) is 27.7 Å². The lowest BCUT2D eigenvalue weighted by atomic mass is 9.55. The quantitative estimate of drug-likeness (QED) is 0.854. The van der Waals surface area contributed by atoms with E-state index in [0.717, 1.165) is 12.3 Å². The molecule has 0 saturated carbocycles. The summed E-state index contributed by atoms with van der Waals surface area (Å²) in [6.45, 7) is 1.05. The van der Waals surface area contributed by atoms with Gasteiger partial charge in [0.2, 0.25) is 0 Å². The number of ether oxygens (including phenoxy) is 1. The Hall–Kier alpha value is -1.80. The fraction of sp³-hybridized carbons (Fsp3) is 0.400. The van der Waals surface area contributed by atoms with Crippen molar-refractivity contribution < 1.29 is 4.74 Å². The van der Waals surface area contributed by atoms with E-state index in [2.05, 4.69) is 61.5 Å². The Morgan fingerprint density at radius 3 is 2.64 bits per heavy atom. The van der Waals surface area contributed by atoms with E-state index in [9.17, 15) is 0 Å². The summed E-state index contributed by atoms with van der Waals surface area (Å²) in [5, 5.41) is 0. The maximum Gasteiger partial charge on any atom is 0.119 e. The van der Waals surface area contributed by atoms with Crippen LogP contribution >= 0.6 is 0 Å². The summed E-state index contributed by atoms with van der Waals surface area (Å²) in [5.41, 5.74) is 6.16. The average Bonchev–Trinajstić information content (AvgIpc) is 2.54. The van der Waals surface area contributed by atoms with Crippen molar-refractivity contribution in [3.8, 4) is 5.75 Å². The van der Waals surface area contributed by atoms with E-state index < -0.39 is 0 Å². The van der Waals surface area contributed by atoms with E-state index in [-0.39, 0.29) is 5.41 Å². The predicted octanol–water partition coefficient (Wildman–Crippen LogP) is 3.78. The van der Waals surface area contributed by atoms with Gasteiger partial charge in [0, 0.05) is 17.9 Å². The summed E-state index contributed by atoms with van der Waals surface area (Å²) in [6.07, 6.45) is 2.48. The summed E-state index contributed by atoms with van der Waals surface area (Å²) in [7, 11) is 6.12. The predicted molar refractivity (Wildman–Crippen MR) is 89.8 cm³/mol. The lowest BCUT2D eigenvalue weighted by Gasteiger charge is -2.50. The van der Waals surface area contributed by atoms with Gasteiger partial charge in [0.05, 0.1) is 7.11 Å². The van der Waals surface area contributed by atoms with E-state index in [1.807, 2.05) is 0 Å². The highest BCUT2D eigenvalue weighted by molar-refractivity contribution is 5.60. The van der Waals surface area contributed by atoms with Crippen LogP contribution in [0.4, 0.5) is 0 Å².